The van der Waals surface area contributed by atoms with Crippen LogP contribution >= 0.6 is 0 Å². The number of aromatic amines is 1. The van der Waals surface area contributed by atoms with Crippen molar-refractivity contribution in [3.8, 4) is 0 Å². The minimum Gasteiger partial charge on any atom is -0.361 e. The summed E-state index contributed by atoms with van der Waals surface area (Å²) in [5.41, 5.74) is 3.23. The van der Waals surface area contributed by atoms with E-state index in [1.165, 1.54) is 5.56 Å². The highest BCUT2D eigenvalue weighted by atomic mass is 16.2. The monoisotopic (exact) mass is 361 g/mol. The molecular formula is C23H27N3O. The molecule has 3 aromatic rings. The number of hydrogen-bond acceptors (Lipinski definition) is 2. The summed E-state index contributed by atoms with van der Waals surface area (Å²) in [6.45, 7) is 2.69. The van der Waals surface area contributed by atoms with Crippen molar-refractivity contribution in [1.29, 1.82) is 0 Å². The number of carbonyl (C=O) groups is 1. The SMILES string of the molecule is CN(CCc1ccccc1)[C@H]1CCCN(C(=O)c2ccc3[nH]ccc3c2)C1. The highest BCUT2D eigenvalue weighted by Crippen LogP contribution is 2.20. The van der Waals surface area contributed by atoms with Gasteiger partial charge in [-0.1, -0.05) is 30.3 Å². The Morgan fingerprint density at radius 3 is 2.89 bits per heavy atom. The topological polar surface area (TPSA) is 39.3 Å². The van der Waals surface area contributed by atoms with Crippen molar-refractivity contribution >= 4 is 16.8 Å². The van der Waals surface area contributed by atoms with Gasteiger partial charge < -0.3 is 14.8 Å². The molecule has 0 saturated carbocycles. The number of likely N-dealkylation sites (tertiary alicyclic amines) is 1. The molecule has 2 heterocycles. The molecule has 4 rings (SSSR count). The Morgan fingerprint density at radius 2 is 2.04 bits per heavy atom. The van der Waals surface area contributed by atoms with Gasteiger partial charge in [0.15, 0.2) is 0 Å². The average molecular weight is 361 g/mol. The first-order valence-corrected chi connectivity index (χ1v) is 9.81. The summed E-state index contributed by atoms with van der Waals surface area (Å²) < 4.78 is 0. The highest BCUT2D eigenvalue weighted by molar-refractivity contribution is 5.98. The van der Waals surface area contributed by atoms with Crippen LogP contribution in [0.5, 0.6) is 0 Å². The second kappa shape index (κ2) is 7.97. The van der Waals surface area contributed by atoms with E-state index in [9.17, 15) is 4.79 Å². The smallest absolute Gasteiger partial charge is 0.253 e. The lowest BCUT2D eigenvalue weighted by molar-refractivity contribution is 0.0612. The summed E-state index contributed by atoms with van der Waals surface area (Å²) in [6, 6.07) is 19.0. The first kappa shape index (κ1) is 17.8. The molecule has 1 fully saturated rings. The molecule has 2 aromatic carbocycles. The van der Waals surface area contributed by atoms with Crippen molar-refractivity contribution in [3.05, 3.63) is 71.9 Å². The molecule has 1 N–H and O–H groups in total. The van der Waals surface area contributed by atoms with Gasteiger partial charge in [0.1, 0.15) is 0 Å². The Morgan fingerprint density at radius 1 is 1.19 bits per heavy atom. The number of amides is 1. The van der Waals surface area contributed by atoms with Gasteiger partial charge in [0.25, 0.3) is 5.91 Å². The van der Waals surface area contributed by atoms with Gasteiger partial charge >= 0.3 is 0 Å². The van der Waals surface area contributed by atoms with Gasteiger partial charge in [-0.3, -0.25) is 4.79 Å². The lowest BCUT2D eigenvalue weighted by atomic mass is 10.0. The van der Waals surface area contributed by atoms with E-state index in [1.54, 1.807) is 0 Å². The van der Waals surface area contributed by atoms with Crippen molar-refractivity contribution in [3.63, 3.8) is 0 Å². The normalized spacial score (nSPS) is 17.6. The van der Waals surface area contributed by atoms with Gasteiger partial charge in [-0.25, -0.2) is 0 Å². The van der Waals surface area contributed by atoms with Crippen molar-refractivity contribution in [2.45, 2.75) is 25.3 Å². The summed E-state index contributed by atoms with van der Waals surface area (Å²) in [4.78, 5) is 20.6. The molecule has 1 saturated heterocycles. The number of likely N-dealkylation sites (N-methyl/N-ethyl adjacent to an activating group) is 1. The summed E-state index contributed by atoms with van der Waals surface area (Å²) in [6.07, 6.45) is 5.19. The van der Waals surface area contributed by atoms with E-state index in [1.807, 2.05) is 35.4 Å². The number of nitrogens with one attached hydrogen (secondary N) is 1. The van der Waals surface area contributed by atoms with Crippen LogP contribution in [-0.2, 0) is 6.42 Å². The van der Waals surface area contributed by atoms with Crippen LogP contribution in [0.2, 0.25) is 0 Å². The zero-order valence-electron chi connectivity index (χ0n) is 15.9. The Balaban J connectivity index is 1.38. The molecule has 1 aromatic heterocycles. The number of H-pyrrole nitrogens is 1. The quantitative estimate of drug-likeness (QED) is 0.747. The molecule has 0 aliphatic carbocycles. The second-order valence-corrected chi connectivity index (χ2v) is 7.54. The average Bonchev–Trinajstić information content (AvgIpc) is 3.20. The van der Waals surface area contributed by atoms with Gasteiger partial charge in [0, 0.05) is 48.3 Å². The van der Waals surface area contributed by atoms with Crippen molar-refractivity contribution in [1.82, 2.24) is 14.8 Å². The number of nitrogens with zero attached hydrogens (tertiary/aromatic N) is 2. The molecule has 4 nitrogen and oxygen atoms in total. The minimum absolute atomic E-state index is 0.152. The molecule has 27 heavy (non-hydrogen) atoms. The van der Waals surface area contributed by atoms with Gasteiger partial charge in [0.05, 0.1) is 0 Å². The van der Waals surface area contributed by atoms with E-state index < -0.39 is 0 Å². The molecule has 0 radical (unpaired) electrons. The van der Waals surface area contributed by atoms with E-state index in [-0.39, 0.29) is 5.91 Å². The molecule has 1 atom stereocenters. The van der Waals surface area contributed by atoms with Gasteiger partial charge in [0.2, 0.25) is 0 Å². The lowest BCUT2D eigenvalue weighted by Gasteiger charge is -2.37. The predicted octanol–water partition coefficient (Wildman–Crippen LogP) is 3.95. The van der Waals surface area contributed by atoms with E-state index in [4.69, 9.17) is 0 Å². The number of carbonyl (C=O) groups excluding carboxylic acids is 1. The lowest BCUT2D eigenvalue weighted by Crippen LogP contribution is -2.49. The molecule has 0 spiro atoms. The maximum Gasteiger partial charge on any atom is 0.253 e. The largest absolute Gasteiger partial charge is 0.361 e. The molecule has 0 bridgehead atoms. The van der Waals surface area contributed by atoms with Crippen LogP contribution < -0.4 is 0 Å². The van der Waals surface area contributed by atoms with Crippen molar-refractivity contribution in [2.24, 2.45) is 0 Å². The van der Waals surface area contributed by atoms with Gasteiger partial charge in [-0.05, 0) is 56.1 Å². The third-order valence-electron chi connectivity index (χ3n) is 5.70. The maximum absolute atomic E-state index is 13.0. The molecule has 4 heteroatoms. The number of benzene rings is 2. The van der Waals surface area contributed by atoms with Crippen molar-refractivity contribution < 1.29 is 4.79 Å². The van der Waals surface area contributed by atoms with Crippen LogP contribution in [0.25, 0.3) is 10.9 Å². The first-order valence-electron chi connectivity index (χ1n) is 9.81. The van der Waals surface area contributed by atoms with Crippen LogP contribution in [0.15, 0.2) is 60.8 Å². The number of aromatic nitrogens is 1. The third kappa shape index (κ3) is 4.06. The Labute approximate surface area is 160 Å². The predicted molar refractivity (Wildman–Crippen MR) is 110 cm³/mol. The minimum atomic E-state index is 0.152. The van der Waals surface area contributed by atoms with Crippen LogP contribution in [0.4, 0.5) is 0 Å². The van der Waals surface area contributed by atoms with E-state index in [0.29, 0.717) is 6.04 Å². The van der Waals surface area contributed by atoms with Gasteiger partial charge in [-0.15, -0.1) is 0 Å². The number of hydrogen-bond donors (Lipinski definition) is 1. The fourth-order valence-electron chi connectivity index (χ4n) is 4.00. The van der Waals surface area contributed by atoms with Crippen LogP contribution in [-0.4, -0.2) is 53.4 Å². The Hall–Kier alpha value is -2.59. The summed E-state index contributed by atoms with van der Waals surface area (Å²) >= 11 is 0. The number of rotatable bonds is 5. The third-order valence-corrected chi connectivity index (χ3v) is 5.70. The molecule has 140 valence electrons. The summed E-state index contributed by atoms with van der Waals surface area (Å²) in [5, 5.41) is 1.09. The zero-order chi connectivity index (χ0) is 18.6. The van der Waals surface area contributed by atoms with Crippen molar-refractivity contribution in [2.75, 3.05) is 26.7 Å². The highest BCUT2D eigenvalue weighted by Gasteiger charge is 2.26. The van der Waals surface area contributed by atoms with Crippen LogP contribution in [0.3, 0.4) is 0 Å². The fraction of sp³-hybridized carbons (Fsp3) is 0.348. The fourth-order valence-corrected chi connectivity index (χ4v) is 4.00. The second-order valence-electron chi connectivity index (χ2n) is 7.54. The van der Waals surface area contributed by atoms with E-state index in [0.717, 1.165) is 55.4 Å². The molecule has 1 aliphatic heterocycles. The maximum atomic E-state index is 13.0. The van der Waals surface area contributed by atoms with E-state index in [2.05, 4.69) is 47.3 Å². The Kier molecular flexibility index (Phi) is 5.26. The number of piperidine rings is 1. The Bertz CT molecular complexity index is 902. The molecule has 1 amide bonds. The summed E-state index contributed by atoms with van der Waals surface area (Å²) in [5.74, 6) is 0.152. The summed E-state index contributed by atoms with van der Waals surface area (Å²) in [7, 11) is 2.19. The van der Waals surface area contributed by atoms with Gasteiger partial charge in [-0.2, -0.15) is 0 Å². The number of fused-ring (bicyclic) bond motifs is 1. The molecule has 0 unspecified atom stereocenters. The molecular weight excluding hydrogens is 334 g/mol. The zero-order valence-corrected chi connectivity index (χ0v) is 15.9. The standard InChI is InChI=1S/C23H27N3O/c1-25(15-12-18-6-3-2-4-7-18)21-8-5-14-26(17-21)23(27)20-9-10-22-19(16-20)11-13-24-22/h2-4,6-7,9-11,13,16,21,24H,5,8,12,14-15,17H2,1H3/t21-/m0/s1. The van der Waals surface area contributed by atoms with E-state index >= 15 is 0 Å². The van der Waals surface area contributed by atoms with Crippen LogP contribution in [0, 0.1) is 0 Å². The molecule has 1 aliphatic rings. The first-order chi connectivity index (χ1) is 13.2. The van der Waals surface area contributed by atoms with Crippen LogP contribution in [0.1, 0.15) is 28.8 Å².